The summed E-state index contributed by atoms with van der Waals surface area (Å²) < 4.78 is 17.5. The van der Waals surface area contributed by atoms with Crippen LogP contribution in [-0.2, 0) is 16.1 Å². The van der Waals surface area contributed by atoms with Crippen molar-refractivity contribution in [2.75, 3.05) is 7.11 Å². The molecule has 0 unspecified atom stereocenters. The molecule has 0 aromatic heterocycles. The van der Waals surface area contributed by atoms with Gasteiger partial charge in [0.1, 0.15) is 11.6 Å². The lowest BCUT2D eigenvalue weighted by Gasteiger charge is -2.14. The first-order valence-electron chi connectivity index (χ1n) is 10.3. The molecular weight excluding hydrogens is 587 g/mol. The number of hydrogen-bond donors (Lipinski definition) is 0. The third kappa shape index (κ3) is 5.63. The lowest BCUT2D eigenvalue weighted by molar-refractivity contribution is -0.384. The number of carbonyl (C=O) groups is 1. The van der Waals surface area contributed by atoms with E-state index in [9.17, 15) is 14.9 Å². The Morgan fingerprint density at radius 3 is 2.60 bits per heavy atom. The third-order valence-electron chi connectivity index (χ3n) is 5.07. The minimum absolute atomic E-state index is 0.0224. The summed E-state index contributed by atoms with van der Waals surface area (Å²) in [5.74, 6) is 0.370. The van der Waals surface area contributed by atoms with Crippen LogP contribution in [0.4, 0.5) is 5.69 Å². The summed E-state index contributed by atoms with van der Waals surface area (Å²) in [5, 5.41) is 11.1. The average Bonchev–Trinajstić information content (AvgIpc) is 3.19. The molecule has 0 saturated carbocycles. The zero-order valence-electron chi connectivity index (χ0n) is 18.6. The van der Waals surface area contributed by atoms with E-state index < -0.39 is 10.9 Å². The minimum Gasteiger partial charge on any atom is -0.493 e. The fraction of sp³-hybridized carbons (Fsp3) is 0.120. The van der Waals surface area contributed by atoms with E-state index in [2.05, 4.69) is 27.6 Å². The number of esters is 1. The van der Waals surface area contributed by atoms with Crippen molar-refractivity contribution in [3.63, 3.8) is 0 Å². The van der Waals surface area contributed by atoms with Gasteiger partial charge in [0.15, 0.2) is 17.2 Å². The number of ether oxygens (including phenoxy) is 3. The second kappa shape index (κ2) is 10.4. The van der Waals surface area contributed by atoms with Crippen LogP contribution in [-0.4, -0.2) is 23.9 Å². The van der Waals surface area contributed by atoms with Crippen LogP contribution in [0.5, 0.6) is 11.5 Å². The fourth-order valence-corrected chi connectivity index (χ4v) is 4.25. The van der Waals surface area contributed by atoms with Gasteiger partial charge < -0.3 is 14.2 Å². The molecule has 0 spiro atoms. The Labute approximate surface area is 219 Å². The Kier molecular flexibility index (Phi) is 7.37. The van der Waals surface area contributed by atoms with E-state index in [4.69, 9.17) is 25.8 Å². The van der Waals surface area contributed by atoms with Gasteiger partial charge in [-0.15, -0.1) is 0 Å². The van der Waals surface area contributed by atoms with Gasteiger partial charge in [-0.1, -0.05) is 41.4 Å². The number of rotatable bonds is 7. The molecule has 1 aliphatic rings. The summed E-state index contributed by atoms with van der Waals surface area (Å²) in [6.07, 6.45) is 1.55. The van der Waals surface area contributed by atoms with Gasteiger partial charge in [0.05, 0.1) is 15.6 Å². The van der Waals surface area contributed by atoms with Gasteiger partial charge in [0, 0.05) is 11.6 Å². The monoisotopic (exact) mass is 604 g/mol. The summed E-state index contributed by atoms with van der Waals surface area (Å²) in [4.78, 5) is 27.2. The molecule has 1 heterocycles. The lowest BCUT2D eigenvalue weighted by Crippen LogP contribution is -2.06. The predicted molar refractivity (Wildman–Crippen MR) is 140 cm³/mol. The van der Waals surface area contributed by atoms with Gasteiger partial charge in [-0.25, -0.2) is 9.79 Å². The smallest absolute Gasteiger partial charge is 0.363 e. The second-order valence-electron chi connectivity index (χ2n) is 7.57. The van der Waals surface area contributed by atoms with Crippen LogP contribution >= 0.6 is 34.2 Å². The first kappa shape index (κ1) is 24.7. The van der Waals surface area contributed by atoms with Crippen LogP contribution in [0, 0.1) is 20.6 Å². The molecule has 8 nitrogen and oxygen atoms in total. The maximum atomic E-state index is 12.4. The fourth-order valence-electron chi connectivity index (χ4n) is 3.28. The number of hydrogen-bond acceptors (Lipinski definition) is 7. The zero-order chi connectivity index (χ0) is 25.1. The van der Waals surface area contributed by atoms with Crippen LogP contribution in [0.15, 0.2) is 65.3 Å². The van der Waals surface area contributed by atoms with Gasteiger partial charge in [0.2, 0.25) is 5.90 Å². The molecule has 0 N–H and O–H groups in total. The second-order valence-corrected chi connectivity index (χ2v) is 9.14. The maximum absolute atomic E-state index is 12.4. The van der Waals surface area contributed by atoms with Crippen molar-refractivity contribution >= 4 is 57.8 Å². The van der Waals surface area contributed by atoms with Crippen LogP contribution in [0.2, 0.25) is 5.02 Å². The number of cyclic esters (lactones) is 1. The summed E-state index contributed by atoms with van der Waals surface area (Å²) >= 11 is 8.00. The molecule has 0 atom stereocenters. The molecule has 3 aromatic carbocycles. The Morgan fingerprint density at radius 2 is 1.91 bits per heavy atom. The molecule has 35 heavy (non-hydrogen) atoms. The largest absolute Gasteiger partial charge is 0.493 e. The van der Waals surface area contributed by atoms with Crippen LogP contribution in [0.25, 0.3) is 6.08 Å². The molecule has 0 aliphatic carbocycles. The summed E-state index contributed by atoms with van der Waals surface area (Å²) in [5.41, 5.74) is 2.85. The molecule has 1 aliphatic heterocycles. The SMILES string of the molecule is COc1cc(/C=C2\N=C(c3ccc(Cl)c([N+](=O)[O-])c3)OC2=O)cc(I)c1OCc1ccc(C)cc1. The number of methoxy groups -OCH3 is 1. The normalized spacial score (nSPS) is 14.0. The lowest BCUT2D eigenvalue weighted by atomic mass is 10.1. The van der Waals surface area contributed by atoms with Crippen LogP contribution in [0.3, 0.4) is 0 Å². The van der Waals surface area contributed by atoms with Crippen molar-refractivity contribution in [2.24, 2.45) is 4.99 Å². The number of carbonyl (C=O) groups excluding carboxylic acids is 1. The van der Waals surface area contributed by atoms with E-state index in [-0.39, 0.29) is 27.9 Å². The average molecular weight is 605 g/mol. The minimum atomic E-state index is -0.675. The number of benzene rings is 3. The molecular formula is C25H18ClIN2O6. The van der Waals surface area contributed by atoms with Gasteiger partial charge in [-0.05, 0) is 71.0 Å². The number of nitrogens with zero attached hydrogens (tertiary/aromatic N) is 2. The van der Waals surface area contributed by atoms with Crippen molar-refractivity contribution in [2.45, 2.75) is 13.5 Å². The molecule has 0 saturated heterocycles. The topological polar surface area (TPSA) is 100 Å². The predicted octanol–water partition coefficient (Wildman–Crippen LogP) is 6.09. The Balaban J connectivity index is 1.60. The Morgan fingerprint density at radius 1 is 1.17 bits per heavy atom. The highest BCUT2D eigenvalue weighted by Gasteiger charge is 2.26. The third-order valence-corrected chi connectivity index (χ3v) is 6.19. The molecule has 4 rings (SSSR count). The standard InChI is InChI=1S/C25H18ClIN2O6/c1-14-3-5-15(6-4-14)13-34-23-19(27)9-16(11-22(23)33-2)10-20-25(30)35-24(28-20)17-7-8-18(26)21(12-17)29(31)32/h3-12H,13H2,1-2H3/b20-10-. The Bertz CT molecular complexity index is 1390. The highest BCUT2D eigenvalue weighted by atomic mass is 127. The molecule has 10 heteroatoms. The number of halogens is 2. The molecule has 0 radical (unpaired) electrons. The molecule has 0 fully saturated rings. The van der Waals surface area contributed by atoms with Crippen molar-refractivity contribution in [3.05, 3.63) is 101 Å². The Hall–Kier alpha value is -3.44. The van der Waals surface area contributed by atoms with Gasteiger partial charge in [-0.3, -0.25) is 10.1 Å². The van der Waals surface area contributed by atoms with E-state index in [1.54, 1.807) is 12.1 Å². The first-order valence-corrected chi connectivity index (χ1v) is 11.7. The summed E-state index contributed by atoms with van der Waals surface area (Å²) in [6.45, 7) is 2.40. The van der Waals surface area contributed by atoms with Gasteiger partial charge in [-0.2, -0.15) is 0 Å². The van der Waals surface area contributed by atoms with Crippen LogP contribution in [0.1, 0.15) is 22.3 Å². The number of nitro benzene ring substituents is 1. The van der Waals surface area contributed by atoms with E-state index in [1.807, 2.05) is 37.3 Å². The van der Waals surface area contributed by atoms with E-state index in [0.717, 1.165) is 9.13 Å². The van der Waals surface area contributed by atoms with Crippen molar-refractivity contribution in [1.82, 2.24) is 0 Å². The van der Waals surface area contributed by atoms with Crippen molar-refractivity contribution in [1.29, 1.82) is 0 Å². The zero-order valence-corrected chi connectivity index (χ0v) is 21.5. The maximum Gasteiger partial charge on any atom is 0.363 e. The van der Waals surface area contributed by atoms with Crippen LogP contribution < -0.4 is 9.47 Å². The van der Waals surface area contributed by atoms with E-state index >= 15 is 0 Å². The molecule has 3 aromatic rings. The number of aliphatic imine (C=N–C) groups is 1. The summed E-state index contributed by atoms with van der Waals surface area (Å²) in [7, 11) is 1.54. The quantitative estimate of drug-likeness (QED) is 0.106. The van der Waals surface area contributed by atoms with E-state index in [1.165, 1.54) is 30.9 Å². The molecule has 0 amide bonds. The van der Waals surface area contributed by atoms with Gasteiger partial charge in [0.25, 0.3) is 5.69 Å². The molecule has 0 bridgehead atoms. The number of nitro groups is 1. The van der Waals surface area contributed by atoms with Gasteiger partial charge >= 0.3 is 5.97 Å². The highest BCUT2D eigenvalue weighted by Crippen LogP contribution is 2.36. The van der Waals surface area contributed by atoms with E-state index in [0.29, 0.717) is 23.7 Å². The first-order chi connectivity index (χ1) is 16.7. The highest BCUT2D eigenvalue weighted by molar-refractivity contribution is 14.1. The summed E-state index contributed by atoms with van der Waals surface area (Å²) in [6, 6.07) is 15.7. The van der Waals surface area contributed by atoms with Crippen molar-refractivity contribution < 1.29 is 23.9 Å². The molecule has 178 valence electrons. The number of aryl methyl sites for hydroxylation is 1. The van der Waals surface area contributed by atoms with Crippen molar-refractivity contribution in [3.8, 4) is 11.5 Å².